The molecule has 3 nitrogen and oxygen atoms in total. The third-order valence-corrected chi connectivity index (χ3v) is 4.48. The molecule has 0 bridgehead atoms. The molecule has 3 aromatic rings. The first-order chi connectivity index (χ1) is 12.1. The van der Waals surface area contributed by atoms with Gasteiger partial charge in [-0.1, -0.05) is 18.2 Å². The van der Waals surface area contributed by atoms with Gasteiger partial charge in [-0.05, 0) is 61.2 Å². The number of benzene rings is 2. The Hall–Kier alpha value is -2.89. The van der Waals surface area contributed by atoms with Gasteiger partial charge < -0.3 is 5.32 Å². The Kier molecular flexibility index (Phi) is 4.22. The fourth-order valence-electron chi connectivity index (χ4n) is 2.92. The lowest BCUT2D eigenvalue weighted by Crippen LogP contribution is -2.35. The van der Waals surface area contributed by atoms with Gasteiger partial charge in [-0.15, -0.1) is 0 Å². The molecule has 0 spiro atoms. The van der Waals surface area contributed by atoms with Gasteiger partial charge in [0.15, 0.2) is 0 Å². The van der Waals surface area contributed by atoms with Gasteiger partial charge in [-0.3, -0.25) is 9.59 Å². The Morgan fingerprint density at radius 1 is 0.846 bits per heavy atom. The highest BCUT2D eigenvalue weighted by Crippen LogP contribution is 2.33. The van der Waals surface area contributed by atoms with Crippen LogP contribution < -0.4 is 16.2 Å². The molecule has 3 aromatic carbocycles. The lowest BCUT2D eigenvalue weighted by atomic mass is 9.91. The topological polar surface area (TPSA) is 46.2 Å². The molecule has 26 heavy (non-hydrogen) atoms. The molecular formula is C20H16F3NO2. The van der Waals surface area contributed by atoms with E-state index in [9.17, 15) is 22.8 Å². The van der Waals surface area contributed by atoms with Crippen LogP contribution in [-0.2, 0) is 6.18 Å². The molecule has 0 saturated carbocycles. The van der Waals surface area contributed by atoms with E-state index in [2.05, 4.69) is 5.32 Å². The molecule has 0 heterocycles. The fourth-order valence-corrected chi connectivity index (χ4v) is 2.92. The van der Waals surface area contributed by atoms with Gasteiger partial charge in [0.2, 0.25) is 5.43 Å². The third-order valence-electron chi connectivity index (χ3n) is 4.48. The van der Waals surface area contributed by atoms with E-state index in [0.29, 0.717) is 5.56 Å². The number of nitrogens with one attached hydrogen (secondary N) is 1. The molecule has 0 saturated heterocycles. The number of hydrogen-bond donors (Lipinski definition) is 1. The van der Waals surface area contributed by atoms with E-state index in [-0.39, 0.29) is 16.9 Å². The summed E-state index contributed by atoms with van der Waals surface area (Å²) in [6.45, 7) is 5.66. The molecule has 0 fully saturated rings. The molecule has 0 aliphatic rings. The summed E-state index contributed by atoms with van der Waals surface area (Å²) in [7, 11) is 0. The van der Waals surface area contributed by atoms with E-state index < -0.39 is 22.6 Å². The quantitative estimate of drug-likeness (QED) is 0.693. The molecule has 6 heteroatoms. The summed E-state index contributed by atoms with van der Waals surface area (Å²) in [6.07, 6.45) is -4.49. The van der Waals surface area contributed by atoms with Crippen LogP contribution in [-0.4, -0.2) is 0 Å². The summed E-state index contributed by atoms with van der Waals surface area (Å²) in [6, 6.07) is 8.25. The van der Waals surface area contributed by atoms with Crippen molar-refractivity contribution in [3.63, 3.8) is 0 Å². The molecule has 0 aromatic heterocycles. The number of hydrogen-bond acceptors (Lipinski definition) is 3. The van der Waals surface area contributed by atoms with Crippen molar-refractivity contribution in [3.05, 3.63) is 79.1 Å². The standard InChI is InChI=1S/C20H16F3NO2/c1-10-7-12(3)15(8-11(10)2)16-17(19(26)18(16)25)24-14-6-4-5-13(9-14)20(21,22)23/h4-9,24H,1-3H3. The van der Waals surface area contributed by atoms with E-state index in [1.165, 1.54) is 12.1 Å². The normalized spacial score (nSPS) is 11.8. The maximum Gasteiger partial charge on any atom is 0.416 e. The summed E-state index contributed by atoms with van der Waals surface area (Å²) in [5.74, 6) is 0. The minimum atomic E-state index is -4.49. The summed E-state index contributed by atoms with van der Waals surface area (Å²) >= 11 is 0. The summed E-state index contributed by atoms with van der Waals surface area (Å²) in [5.41, 5.74) is 1.62. The van der Waals surface area contributed by atoms with Gasteiger partial charge in [0.05, 0.1) is 11.1 Å². The largest absolute Gasteiger partial charge is 0.416 e. The van der Waals surface area contributed by atoms with Crippen molar-refractivity contribution < 1.29 is 13.2 Å². The Bertz CT molecular complexity index is 1070. The van der Waals surface area contributed by atoms with Crippen molar-refractivity contribution >= 4 is 11.4 Å². The SMILES string of the molecule is Cc1cc(C)c(-c2c(Nc3cccc(C(F)(F)F)c3)c(=O)c2=O)cc1C. The van der Waals surface area contributed by atoms with Crippen molar-refractivity contribution in [2.45, 2.75) is 26.9 Å². The Balaban J connectivity index is 2.05. The number of rotatable bonds is 3. The number of halogens is 3. The van der Waals surface area contributed by atoms with E-state index in [0.717, 1.165) is 28.8 Å². The Labute approximate surface area is 147 Å². The van der Waals surface area contributed by atoms with Gasteiger partial charge in [-0.2, -0.15) is 13.2 Å². The number of alkyl halides is 3. The van der Waals surface area contributed by atoms with Crippen molar-refractivity contribution in [3.8, 4) is 11.1 Å². The van der Waals surface area contributed by atoms with Crippen LogP contribution in [0.15, 0.2) is 46.0 Å². The molecule has 0 aliphatic carbocycles. The van der Waals surface area contributed by atoms with Gasteiger partial charge in [0.1, 0.15) is 5.69 Å². The molecule has 0 unspecified atom stereocenters. The lowest BCUT2D eigenvalue weighted by molar-refractivity contribution is -0.137. The maximum atomic E-state index is 12.9. The molecule has 3 rings (SSSR count). The zero-order chi connectivity index (χ0) is 19.2. The first-order valence-electron chi connectivity index (χ1n) is 7.95. The van der Waals surface area contributed by atoms with Crippen LogP contribution in [0.3, 0.4) is 0 Å². The van der Waals surface area contributed by atoms with Gasteiger partial charge in [-0.25, -0.2) is 0 Å². The molecule has 1 N–H and O–H groups in total. The minimum Gasteiger partial charge on any atom is -0.352 e. The molecule has 0 atom stereocenters. The van der Waals surface area contributed by atoms with Crippen molar-refractivity contribution in [2.24, 2.45) is 0 Å². The van der Waals surface area contributed by atoms with Crippen LogP contribution in [0, 0.1) is 20.8 Å². The lowest BCUT2D eigenvalue weighted by Gasteiger charge is -2.17. The maximum absolute atomic E-state index is 12.9. The fraction of sp³-hybridized carbons (Fsp3) is 0.200. The minimum absolute atomic E-state index is 0.0284. The zero-order valence-corrected chi connectivity index (χ0v) is 14.4. The van der Waals surface area contributed by atoms with E-state index in [4.69, 9.17) is 0 Å². The molecule has 0 radical (unpaired) electrons. The summed E-state index contributed by atoms with van der Waals surface area (Å²) in [5, 5.41) is 2.69. The average molecular weight is 359 g/mol. The zero-order valence-electron chi connectivity index (χ0n) is 14.4. The van der Waals surface area contributed by atoms with Crippen LogP contribution in [0.1, 0.15) is 22.3 Å². The Morgan fingerprint density at radius 3 is 2.15 bits per heavy atom. The first-order valence-corrected chi connectivity index (χ1v) is 7.95. The first kappa shape index (κ1) is 17.9. The van der Waals surface area contributed by atoms with Gasteiger partial charge in [0.25, 0.3) is 5.43 Å². The highest BCUT2D eigenvalue weighted by Gasteiger charge is 2.31. The summed E-state index contributed by atoms with van der Waals surface area (Å²) < 4.78 is 38.6. The van der Waals surface area contributed by atoms with Crippen LogP contribution in [0.25, 0.3) is 11.1 Å². The summed E-state index contributed by atoms with van der Waals surface area (Å²) in [4.78, 5) is 24.1. The molecular weight excluding hydrogens is 343 g/mol. The third kappa shape index (κ3) is 3.03. The van der Waals surface area contributed by atoms with Crippen molar-refractivity contribution in [1.82, 2.24) is 0 Å². The predicted octanol–water partition coefficient (Wildman–Crippen LogP) is 4.64. The monoisotopic (exact) mass is 359 g/mol. The van der Waals surface area contributed by atoms with Crippen LogP contribution in [0.2, 0.25) is 0 Å². The van der Waals surface area contributed by atoms with E-state index >= 15 is 0 Å². The second-order valence-electron chi connectivity index (χ2n) is 6.36. The number of aryl methyl sites for hydroxylation is 3. The highest BCUT2D eigenvalue weighted by molar-refractivity contribution is 5.86. The van der Waals surface area contributed by atoms with Gasteiger partial charge >= 0.3 is 6.18 Å². The smallest absolute Gasteiger partial charge is 0.352 e. The van der Waals surface area contributed by atoms with Crippen molar-refractivity contribution in [1.29, 1.82) is 0 Å². The molecule has 134 valence electrons. The molecule has 0 aliphatic heterocycles. The van der Waals surface area contributed by atoms with Gasteiger partial charge in [0, 0.05) is 5.69 Å². The average Bonchev–Trinajstić information content (AvgIpc) is 2.58. The predicted molar refractivity (Wildman–Crippen MR) is 95.7 cm³/mol. The second-order valence-corrected chi connectivity index (χ2v) is 6.36. The van der Waals surface area contributed by atoms with Crippen LogP contribution in [0.4, 0.5) is 24.5 Å². The van der Waals surface area contributed by atoms with Crippen LogP contribution in [0.5, 0.6) is 0 Å². The van der Waals surface area contributed by atoms with E-state index in [1.807, 2.05) is 32.9 Å². The van der Waals surface area contributed by atoms with Crippen molar-refractivity contribution in [2.75, 3.05) is 5.32 Å². The second kappa shape index (κ2) is 6.12. The highest BCUT2D eigenvalue weighted by atomic mass is 19.4. The van der Waals surface area contributed by atoms with Crippen LogP contribution >= 0.6 is 0 Å². The molecule has 0 amide bonds. The number of anilines is 2. The van der Waals surface area contributed by atoms with E-state index in [1.54, 1.807) is 0 Å². The Morgan fingerprint density at radius 2 is 1.50 bits per heavy atom.